The number of imidazole rings is 1. The van der Waals surface area contributed by atoms with Crippen LogP contribution in [0.5, 0.6) is 0 Å². The minimum atomic E-state index is -0.560. The fourth-order valence-corrected chi connectivity index (χ4v) is 3.41. The molecular formula is C20H37N3O. The molecule has 4 nitrogen and oxygen atoms in total. The van der Waals surface area contributed by atoms with E-state index in [9.17, 15) is 5.11 Å². The highest BCUT2D eigenvalue weighted by Crippen LogP contribution is 2.17. The van der Waals surface area contributed by atoms with Crippen LogP contribution in [0.15, 0.2) is 12.4 Å². The van der Waals surface area contributed by atoms with Crippen LogP contribution >= 0.6 is 0 Å². The van der Waals surface area contributed by atoms with Crippen LogP contribution in [0.3, 0.4) is 0 Å². The van der Waals surface area contributed by atoms with Crippen molar-refractivity contribution in [3.63, 3.8) is 0 Å². The van der Waals surface area contributed by atoms with Gasteiger partial charge in [0.1, 0.15) is 12.4 Å². The van der Waals surface area contributed by atoms with Crippen LogP contribution in [0, 0.1) is 17.2 Å². The molecule has 0 aliphatic rings. The number of nitrogens with zero attached hydrogens (tertiary/aromatic N) is 2. The van der Waals surface area contributed by atoms with E-state index in [0.717, 1.165) is 25.9 Å². The van der Waals surface area contributed by atoms with Crippen molar-refractivity contribution in [1.82, 2.24) is 4.57 Å². The van der Waals surface area contributed by atoms with Crippen LogP contribution in [0.2, 0.25) is 0 Å². The van der Waals surface area contributed by atoms with E-state index in [1.807, 2.05) is 21.5 Å². The summed E-state index contributed by atoms with van der Waals surface area (Å²) >= 11 is 0. The maximum absolute atomic E-state index is 11.9. The smallest absolute Gasteiger partial charge is 0.291 e. The zero-order valence-corrected chi connectivity index (χ0v) is 16.2. The zero-order valence-electron chi connectivity index (χ0n) is 16.2. The highest BCUT2D eigenvalue weighted by atomic mass is 16.3. The number of hydrogen-bond acceptors (Lipinski definition) is 2. The molecule has 0 saturated heterocycles. The molecule has 0 saturated carbocycles. The van der Waals surface area contributed by atoms with Crippen LogP contribution in [0.25, 0.3) is 0 Å². The molecule has 0 bridgehead atoms. The molecular weight excluding hydrogens is 298 g/mol. The first kappa shape index (κ1) is 20.7. The summed E-state index contributed by atoms with van der Waals surface area (Å²) in [6, 6.07) is 0. The monoisotopic (exact) mass is 335 g/mol. The van der Waals surface area contributed by atoms with Gasteiger partial charge in [-0.05, 0) is 37.5 Å². The summed E-state index contributed by atoms with van der Waals surface area (Å²) in [4.78, 5) is 0. The molecule has 1 aromatic heterocycles. The quantitative estimate of drug-likeness (QED) is 0.332. The molecule has 0 amide bonds. The Bertz CT molecular complexity index is 446. The lowest BCUT2D eigenvalue weighted by molar-refractivity contribution is -0.706. The molecule has 0 fully saturated rings. The van der Waals surface area contributed by atoms with Crippen molar-refractivity contribution in [3.8, 4) is 0 Å². The predicted molar refractivity (Wildman–Crippen MR) is 98.1 cm³/mol. The minimum Gasteiger partial charge on any atom is -0.853 e. The number of nitrogens with one attached hydrogen (secondary N) is 1. The molecule has 1 N–H and O–H groups in total. The average molecular weight is 336 g/mol. The summed E-state index contributed by atoms with van der Waals surface area (Å²) in [6.07, 6.45) is 13.5. The molecule has 1 rings (SSSR count). The van der Waals surface area contributed by atoms with Gasteiger partial charge in [-0.2, -0.15) is 0 Å². The second-order valence-electron chi connectivity index (χ2n) is 7.09. The molecule has 138 valence electrons. The minimum absolute atomic E-state index is 0.555. The molecule has 4 heteroatoms. The SMILES string of the molecule is CCCCC(CC)Cn1cc[n+](CC(CC)CCCC)c1C(=N)[O-]. The first-order valence-corrected chi connectivity index (χ1v) is 9.91. The molecule has 2 atom stereocenters. The van der Waals surface area contributed by atoms with Crippen LogP contribution in [-0.2, 0) is 13.1 Å². The summed E-state index contributed by atoms with van der Waals surface area (Å²) in [7, 11) is 0. The van der Waals surface area contributed by atoms with Gasteiger partial charge in [-0.25, -0.2) is 9.13 Å². The number of unbranched alkanes of at least 4 members (excludes halogenated alkanes) is 2. The molecule has 1 aromatic rings. The van der Waals surface area contributed by atoms with Crippen LogP contribution in [0.4, 0.5) is 0 Å². The number of rotatable bonds is 13. The predicted octanol–water partition coefficient (Wildman–Crippen LogP) is 3.89. The lowest BCUT2D eigenvalue weighted by Crippen LogP contribution is -2.45. The van der Waals surface area contributed by atoms with E-state index in [2.05, 4.69) is 27.7 Å². The Balaban J connectivity index is 2.87. The van der Waals surface area contributed by atoms with E-state index in [1.54, 1.807) is 0 Å². The van der Waals surface area contributed by atoms with Crippen molar-refractivity contribution in [2.24, 2.45) is 11.8 Å². The van der Waals surface area contributed by atoms with Gasteiger partial charge in [0.15, 0.2) is 0 Å². The molecule has 24 heavy (non-hydrogen) atoms. The summed E-state index contributed by atoms with van der Waals surface area (Å²) in [5.74, 6) is 1.17. The lowest BCUT2D eigenvalue weighted by Gasteiger charge is -2.17. The van der Waals surface area contributed by atoms with E-state index in [1.165, 1.54) is 38.5 Å². The van der Waals surface area contributed by atoms with Gasteiger partial charge in [0.05, 0.1) is 19.0 Å². The van der Waals surface area contributed by atoms with Gasteiger partial charge < -0.3 is 10.5 Å². The average Bonchev–Trinajstić information content (AvgIpc) is 2.97. The van der Waals surface area contributed by atoms with Gasteiger partial charge in [0.2, 0.25) is 0 Å². The van der Waals surface area contributed by atoms with Gasteiger partial charge in [0.25, 0.3) is 5.82 Å². The molecule has 1 heterocycles. The van der Waals surface area contributed by atoms with Gasteiger partial charge >= 0.3 is 0 Å². The Kier molecular flexibility index (Phi) is 9.73. The Hall–Kier alpha value is -1.32. The molecule has 0 aromatic carbocycles. The van der Waals surface area contributed by atoms with Crippen molar-refractivity contribution in [1.29, 1.82) is 5.41 Å². The topological polar surface area (TPSA) is 55.7 Å². The highest BCUT2D eigenvalue weighted by Gasteiger charge is 2.22. The maximum Gasteiger partial charge on any atom is 0.291 e. The zero-order chi connectivity index (χ0) is 17.9. The maximum atomic E-state index is 11.9. The Labute approximate surface area is 148 Å². The lowest BCUT2D eigenvalue weighted by atomic mass is 9.99. The van der Waals surface area contributed by atoms with E-state index >= 15 is 0 Å². The second-order valence-corrected chi connectivity index (χ2v) is 7.09. The third-order valence-electron chi connectivity index (χ3n) is 5.17. The van der Waals surface area contributed by atoms with Crippen LogP contribution < -0.4 is 9.67 Å². The standard InChI is InChI=1S/C20H37N3O/c1-5-9-11-17(7-3)15-22-13-14-23(20(22)19(21)24)16-18(8-4)12-10-6-2/h13-14,17-18H,5-12,15-16H2,1-4H3,(H-,21,24). The molecule has 0 radical (unpaired) electrons. The van der Waals surface area contributed by atoms with Crippen molar-refractivity contribution in [2.45, 2.75) is 92.2 Å². The van der Waals surface area contributed by atoms with Crippen LogP contribution in [0.1, 0.15) is 84.9 Å². The molecule has 2 unspecified atom stereocenters. The summed E-state index contributed by atoms with van der Waals surface area (Å²) in [5, 5.41) is 19.7. The molecule has 0 aliphatic carbocycles. The van der Waals surface area contributed by atoms with E-state index in [-0.39, 0.29) is 0 Å². The van der Waals surface area contributed by atoms with Crippen molar-refractivity contribution < 1.29 is 9.67 Å². The Morgan fingerprint density at radius 1 is 1.08 bits per heavy atom. The van der Waals surface area contributed by atoms with E-state index < -0.39 is 5.90 Å². The fourth-order valence-electron chi connectivity index (χ4n) is 3.41. The second kappa shape index (κ2) is 11.3. The highest BCUT2D eigenvalue weighted by molar-refractivity contribution is 5.82. The fraction of sp³-hybridized carbons (Fsp3) is 0.800. The van der Waals surface area contributed by atoms with E-state index in [4.69, 9.17) is 5.41 Å². The largest absolute Gasteiger partial charge is 0.853 e. The van der Waals surface area contributed by atoms with Crippen molar-refractivity contribution >= 4 is 5.90 Å². The van der Waals surface area contributed by atoms with E-state index in [0.29, 0.717) is 17.7 Å². The van der Waals surface area contributed by atoms with Gasteiger partial charge in [-0.15, -0.1) is 0 Å². The summed E-state index contributed by atoms with van der Waals surface area (Å²) < 4.78 is 4.04. The Morgan fingerprint density at radius 2 is 1.67 bits per heavy atom. The third kappa shape index (κ3) is 6.29. The normalized spacial score (nSPS) is 13.8. The first-order chi connectivity index (χ1) is 11.6. The van der Waals surface area contributed by atoms with Gasteiger partial charge in [-0.3, -0.25) is 0 Å². The summed E-state index contributed by atoms with van der Waals surface area (Å²) in [5.41, 5.74) is 0. The van der Waals surface area contributed by atoms with Gasteiger partial charge in [0, 0.05) is 0 Å². The number of aromatic nitrogens is 2. The van der Waals surface area contributed by atoms with Gasteiger partial charge in [-0.1, -0.05) is 53.4 Å². The molecule has 0 aliphatic heterocycles. The summed E-state index contributed by atoms with van der Waals surface area (Å²) in [6.45, 7) is 10.6. The first-order valence-electron chi connectivity index (χ1n) is 9.91. The third-order valence-corrected chi connectivity index (χ3v) is 5.17. The van der Waals surface area contributed by atoms with Crippen LogP contribution in [-0.4, -0.2) is 10.5 Å². The number of hydrogen-bond donors (Lipinski definition) is 1. The van der Waals surface area contributed by atoms with Crippen molar-refractivity contribution in [2.75, 3.05) is 0 Å². The molecule has 0 spiro atoms. The van der Waals surface area contributed by atoms with Crippen molar-refractivity contribution in [3.05, 3.63) is 18.2 Å². The Morgan fingerprint density at radius 3 is 2.17 bits per heavy atom.